The predicted octanol–water partition coefficient (Wildman–Crippen LogP) is 1.84. The molecule has 3 heteroatoms. The lowest BCUT2D eigenvalue weighted by atomic mass is 10.1. The second kappa shape index (κ2) is 6.03. The Labute approximate surface area is 104 Å². The molecule has 3 nitrogen and oxygen atoms in total. The Balaban J connectivity index is 2.01. The Morgan fingerprint density at radius 3 is 3.00 bits per heavy atom. The number of nitrogens with zero attached hydrogens (tertiary/aromatic N) is 1. The molecule has 0 spiro atoms. The van der Waals surface area contributed by atoms with E-state index < -0.39 is 0 Å². The molecule has 17 heavy (non-hydrogen) atoms. The third-order valence-corrected chi connectivity index (χ3v) is 3.40. The van der Waals surface area contributed by atoms with Crippen molar-refractivity contribution in [2.24, 2.45) is 0 Å². The Morgan fingerprint density at radius 1 is 1.47 bits per heavy atom. The van der Waals surface area contributed by atoms with Crippen LogP contribution in [0.2, 0.25) is 0 Å². The second-order valence-electron chi connectivity index (χ2n) is 4.86. The van der Waals surface area contributed by atoms with Gasteiger partial charge in [-0.25, -0.2) is 0 Å². The van der Waals surface area contributed by atoms with Crippen LogP contribution in [0.1, 0.15) is 25.3 Å². The van der Waals surface area contributed by atoms with Crippen molar-refractivity contribution in [3.8, 4) is 0 Å². The number of nitrogens with one attached hydrogen (secondary N) is 1. The van der Waals surface area contributed by atoms with Gasteiger partial charge in [0.05, 0.1) is 0 Å². The first-order valence-electron chi connectivity index (χ1n) is 6.58. The summed E-state index contributed by atoms with van der Waals surface area (Å²) < 4.78 is 0. The largest absolute Gasteiger partial charge is 0.399 e. The molecule has 1 aromatic rings. The average Bonchev–Trinajstić information content (AvgIpc) is 2.82. The molecule has 94 valence electrons. The van der Waals surface area contributed by atoms with Crippen molar-refractivity contribution in [1.82, 2.24) is 10.2 Å². The van der Waals surface area contributed by atoms with Gasteiger partial charge in [-0.2, -0.15) is 0 Å². The van der Waals surface area contributed by atoms with Crippen molar-refractivity contribution >= 4 is 5.69 Å². The number of anilines is 1. The fourth-order valence-electron chi connectivity index (χ4n) is 2.56. The molecular weight excluding hydrogens is 210 g/mol. The second-order valence-corrected chi connectivity index (χ2v) is 4.86. The van der Waals surface area contributed by atoms with Gasteiger partial charge < -0.3 is 11.1 Å². The van der Waals surface area contributed by atoms with E-state index in [4.69, 9.17) is 5.73 Å². The molecule has 1 saturated heterocycles. The molecular formula is C14H23N3. The van der Waals surface area contributed by atoms with E-state index in [9.17, 15) is 0 Å². The topological polar surface area (TPSA) is 41.3 Å². The summed E-state index contributed by atoms with van der Waals surface area (Å²) in [4.78, 5) is 2.58. The van der Waals surface area contributed by atoms with E-state index in [1.807, 2.05) is 12.1 Å². The molecule has 0 bridgehead atoms. The molecule has 1 heterocycles. The van der Waals surface area contributed by atoms with Crippen molar-refractivity contribution in [3.63, 3.8) is 0 Å². The number of nitrogens with two attached hydrogens (primary N) is 1. The zero-order valence-corrected chi connectivity index (χ0v) is 10.7. The van der Waals surface area contributed by atoms with Crippen molar-refractivity contribution in [3.05, 3.63) is 29.8 Å². The third-order valence-electron chi connectivity index (χ3n) is 3.40. The van der Waals surface area contributed by atoms with Crippen LogP contribution in [0.3, 0.4) is 0 Å². The van der Waals surface area contributed by atoms with E-state index in [0.717, 1.165) is 25.3 Å². The van der Waals surface area contributed by atoms with Gasteiger partial charge in [-0.1, -0.05) is 19.1 Å². The molecule has 0 radical (unpaired) electrons. The van der Waals surface area contributed by atoms with Crippen LogP contribution in [-0.2, 0) is 6.54 Å². The van der Waals surface area contributed by atoms with Crippen molar-refractivity contribution in [1.29, 1.82) is 0 Å². The van der Waals surface area contributed by atoms with Crippen molar-refractivity contribution in [2.45, 2.75) is 32.4 Å². The van der Waals surface area contributed by atoms with Crippen LogP contribution in [-0.4, -0.2) is 30.6 Å². The quantitative estimate of drug-likeness (QED) is 0.763. The van der Waals surface area contributed by atoms with Gasteiger partial charge in [-0.05, 0) is 43.6 Å². The lowest BCUT2D eigenvalue weighted by Gasteiger charge is -2.28. The molecule has 1 unspecified atom stereocenters. The van der Waals surface area contributed by atoms with Crippen molar-refractivity contribution < 1.29 is 0 Å². The predicted molar refractivity (Wildman–Crippen MR) is 72.8 cm³/mol. The monoisotopic (exact) mass is 233 g/mol. The summed E-state index contributed by atoms with van der Waals surface area (Å²) in [5.41, 5.74) is 8.02. The lowest BCUT2D eigenvalue weighted by Crippen LogP contribution is -2.36. The average molecular weight is 233 g/mol. The van der Waals surface area contributed by atoms with Crippen LogP contribution >= 0.6 is 0 Å². The molecule has 0 saturated carbocycles. The zero-order chi connectivity index (χ0) is 12.1. The van der Waals surface area contributed by atoms with E-state index in [1.165, 1.54) is 24.9 Å². The Bertz CT molecular complexity index is 345. The number of nitrogen functional groups attached to an aromatic ring is 1. The van der Waals surface area contributed by atoms with E-state index in [2.05, 4.69) is 29.3 Å². The molecule has 3 N–H and O–H groups in total. The SMILES string of the molecule is CCCN(Cc1cccc(N)c1)C1CCNC1. The van der Waals surface area contributed by atoms with E-state index in [-0.39, 0.29) is 0 Å². The normalized spacial score (nSPS) is 20.0. The van der Waals surface area contributed by atoms with Crippen LogP contribution in [0.25, 0.3) is 0 Å². The number of hydrogen-bond donors (Lipinski definition) is 2. The van der Waals surface area contributed by atoms with Gasteiger partial charge in [-0.15, -0.1) is 0 Å². The van der Waals surface area contributed by atoms with Gasteiger partial charge in [-0.3, -0.25) is 4.90 Å². The highest BCUT2D eigenvalue weighted by molar-refractivity contribution is 5.40. The smallest absolute Gasteiger partial charge is 0.0317 e. The fourth-order valence-corrected chi connectivity index (χ4v) is 2.56. The maximum absolute atomic E-state index is 5.83. The minimum Gasteiger partial charge on any atom is -0.399 e. The number of hydrogen-bond acceptors (Lipinski definition) is 3. The zero-order valence-electron chi connectivity index (χ0n) is 10.7. The van der Waals surface area contributed by atoms with Gasteiger partial charge in [0, 0.05) is 24.8 Å². The van der Waals surface area contributed by atoms with E-state index in [1.54, 1.807) is 0 Å². The molecule has 1 aliphatic heterocycles. The molecule has 0 amide bonds. The fraction of sp³-hybridized carbons (Fsp3) is 0.571. The number of benzene rings is 1. The van der Waals surface area contributed by atoms with Gasteiger partial charge in [0.2, 0.25) is 0 Å². The summed E-state index contributed by atoms with van der Waals surface area (Å²) in [6.07, 6.45) is 2.47. The maximum atomic E-state index is 5.83. The Kier molecular flexibility index (Phi) is 4.40. The van der Waals surface area contributed by atoms with E-state index in [0.29, 0.717) is 6.04 Å². The highest BCUT2D eigenvalue weighted by Crippen LogP contribution is 2.15. The van der Waals surface area contributed by atoms with Crippen LogP contribution in [0, 0.1) is 0 Å². The van der Waals surface area contributed by atoms with Crippen LogP contribution in [0.5, 0.6) is 0 Å². The summed E-state index contributed by atoms with van der Waals surface area (Å²) >= 11 is 0. The van der Waals surface area contributed by atoms with Crippen molar-refractivity contribution in [2.75, 3.05) is 25.4 Å². The first-order chi connectivity index (χ1) is 8.29. The highest BCUT2D eigenvalue weighted by atomic mass is 15.2. The van der Waals surface area contributed by atoms with Gasteiger partial charge in [0.1, 0.15) is 0 Å². The minimum atomic E-state index is 0.691. The summed E-state index contributed by atoms with van der Waals surface area (Å²) in [7, 11) is 0. The molecule has 1 aromatic carbocycles. The number of rotatable bonds is 5. The summed E-state index contributed by atoms with van der Waals surface area (Å²) in [5, 5.41) is 3.44. The van der Waals surface area contributed by atoms with E-state index >= 15 is 0 Å². The van der Waals surface area contributed by atoms with Gasteiger partial charge in [0.25, 0.3) is 0 Å². The van der Waals surface area contributed by atoms with Crippen LogP contribution < -0.4 is 11.1 Å². The van der Waals surface area contributed by atoms with Crippen LogP contribution in [0.15, 0.2) is 24.3 Å². The standard InChI is InChI=1S/C14H23N3/c1-2-8-17(14-6-7-16-10-14)11-12-4-3-5-13(15)9-12/h3-5,9,14,16H,2,6-8,10-11,15H2,1H3. The van der Waals surface area contributed by atoms with Gasteiger partial charge in [0.15, 0.2) is 0 Å². The molecule has 0 aliphatic carbocycles. The molecule has 1 aliphatic rings. The van der Waals surface area contributed by atoms with Gasteiger partial charge >= 0.3 is 0 Å². The molecule has 1 atom stereocenters. The first kappa shape index (κ1) is 12.4. The minimum absolute atomic E-state index is 0.691. The van der Waals surface area contributed by atoms with Crippen LogP contribution in [0.4, 0.5) is 5.69 Å². The highest BCUT2D eigenvalue weighted by Gasteiger charge is 2.21. The summed E-state index contributed by atoms with van der Waals surface area (Å²) in [6.45, 7) is 6.71. The Morgan fingerprint density at radius 2 is 2.35 bits per heavy atom. The molecule has 1 fully saturated rings. The molecule has 2 rings (SSSR count). The summed E-state index contributed by atoms with van der Waals surface area (Å²) in [5.74, 6) is 0. The Hall–Kier alpha value is -1.06. The third kappa shape index (κ3) is 3.45. The maximum Gasteiger partial charge on any atom is 0.0317 e. The molecule has 0 aromatic heterocycles. The lowest BCUT2D eigenvalue weighted by molar-refractivity contribution is 0.199. The first-order valence-corrected chi connectivity index (χ1v) is 6.58. The summed E-state index contributed by atoms with van der Waals surface area (Å²) in [6, 6.07) is 8.94.